The van der Waals surface area contributed by atoms with E-state index in [9.17, 15) is 4.39 Å². The number of hydrogen-bond donors (Lipinski definition) is 1. The Morgan fingerprint density at radius 3 is 2.53 bits per heavy atom. The van der Waals surface area contributed by atoms with Gasteiger partial charge in [0.1, 0.15) is 5.82 Å². The Balaban J connectivity index is 2.69. The zero-order valence-corrected chi connectivity index (χ0v) is 10.9. The van der Waals surface area contributed by atoms with Crippen molar-refractivity contribution >= 4 is 15.9 Å². The molecule has 1 rings (SSSR count). The van der Waals surface area contributed by atoms with E-state index in [4.69, 9.17) is 0 Å². The average molecular weight is 274 g/mol. The lowest BCUT2D eigenvalue weighted by atomic mass is 10.1. The van der Waals surface area contributed by atoms with Crippen molar-refractivity contribution in [2.24, 2.45) is 5.92 Å². The van der Waals surface area contributed by atoms with Gasteiger partial charge < -0.3 is 5.32 Å². The maximum atomic E-state index is 13.6. The Kier molecular flexibility index (Phi) is 4.74. The molecule has 0 fully saturated rings. The van der Waals surface area contributed by atoms with E-state index in [-0.39, 0.29) is 11.9 Å². The lowest BCUT2D eigenvalue weighted by Crippen LogP contribution is -2.23. The van der Waals surface area contributed by atoms with Gasteiger partial charge in [-0.2, -0.15) is 0 Å². The fourth-order valence-electron chi connectivity index (χ4n) is 1.38. The molecule has 0 saturated heterocycles. The van der Waals surface area contributed by atoms with Crippen LogP contribution < -0.4 is 5.32 Å². The van der Waals surface area contributed by atoms with Gasteiger partial charge in [0.05, 0.1) is 0 Å². The van der Waals surface area contributed by atoms with Gasteiger partial charge >= 0.3 is 0 Å². The van der Waals surface area contributed by atoms with Crippen molar-refractivity contribution in [3.05, 3.63) is 34.1 Å². The second kappa shape index (κ2) is 5.61. The van der Waals surface area contributed by atoms with Crippen LogP contribution in [0.25, 0.3) is 0 Å². The van der Waals surface area contributed by atoms with Crippen LogP contribution in [0.4, 0.5) is 4.39 Å². The van der Waals surface area contributed by atoms with Gasteiger partial charge in [-0.25, -0.2) is 4.39 Å². The number of benzene rings is 1. The number of rotatable bonds is 4. The molecule has 0 aliphatic heterocycles. The van der Waals surface area contributed by atoms with Crippen molar-refractivity contribution in [3.8, 4) is 0 Å². The molecule has 0 saturated carbocycles. The van der Waals surface area contributed by atoms with Crippen LogP contribution in [0.15, 0.2) is 22.7 Å². The van der Waals surface area contributed by atoms with Crippen LogP contribution in [0.3, 0.4) is 0 Å². The third-order valence-corrected chi connectivity index (χ3v) is 2.75. The second-order valence-electron chi connectivity index (χ2n) is 4.19. The zero-order chi connectivity index (χ0) is 11.4. The van der Waals surface area contributed by atoms with Gasteiger partial charge in [-0.15, -0.1) is 0 Å². The molecular formula is C12H17BrFN. The summed E-state index contributed by atoms with van der Waals surface area (Å²) in [6, 6.07) is 5.24. The number of hydrogen-bond acceptors (Lipinski definition) is 1. The predicted molar refractivity (Wildman–Crippen MR) is 65.4 cm³/mol. The van der Waals surface area contributed by atoms with Gasteiger partial charge in [0.15, 0.2) is 0 Å². The third kappa shape index (κ3) is 3.92. The molecule has 0 amide bonds. The third-order valence-electron chi connectivity index (χ3n) is 2.26. The molecule has 0 aromatic heterocycles. The topological polar surface area (TPSA) is 12.0 Å². The largest absolute Gasteiger partial charge is 0.310 e. The highest BCUT2D eigenvalue weighted by Gasteiger charge is 2.10. The van der Waals surface area contributed by atoms with E-state index in [1.165, 1.54) is 6.07 Å². The van der Waals surface area contributed by atoms with Crippen LogP contribution in [0.2, 0.25) is 0 Å². The summed E-state index contributed by atoms with van der Waals surface area (Å²) in [7, 11) is 0. The van der Waals surface area contributed by atoms with Crippen LogP contribution in [0.5, 0.6) is 0 Å². The maximum absolute atomic E-state index is 13.6. The van der Waals surface area contributed by atoms with E-state index in [0.29, 0.717) is 5.92 Å². The van der Waals surface area contributed by atoms with Crippen LogP contribution in [0, 0.1) is 11.7 Å². The molecule has 1 nitrogen and oxygen atoms in total. The standard InChI is InChI=1S/C12H17BrFN/c1-8(2)7-15-9(3)11-5-4-10(13)6-12(11)14/h4-6,8-9,15H,7H2,1-3H3. The highest BCUT2D eigenvalue weighted by molar-refractivity contribution is 9.10. The lowest BCUT2D eigenvalue weighted by molar-refractivity contribution is 0.479. The van der Waals surface area contributed by atoms with Gasteiger partial charge in [0, 0.05) is 16.1 Å². The molecule has 84 valence electrons. The molecule has 0 aliphatic carbocycles. The molecule has 15 heavy (non-hydrogen) atoms. The van der Waals surface area contributed by atoms with E-state index in [1.807, 2.05) is 19.1 Å². The summed E-state index contributed by atoms with van der Waals surface area (Å²) in [6.07, 6.45) is 0. The highest BCUT2D eigenvalue weighted by atomic mass is 79.9. The minimum atomic E-state index is -0.159. The Bertz CT molecular complexity index is 325. The van der Waals surface area contributed by atoms with E-state index in [1.54, 1.807) is 0 Å². The summed E-state index contributed by atoms with van der Waals surface area (Å²) in [5, 5.41) is 3.30. The molecule has 1 atom stereocenters. The van der Waals surface area contributed by atoms with Crippen molar-refractivity contribution in [1.29, 1.82) is 0 Å². The van der Waals surface area contributed by atoms with E-state index >= 15 is 0 Å². The van der Waals surface area contributed by atoms with Gasteiger partial charge in [-0.05, 0) is 31.5 Å². The lowest BCUT2D eigenvalue weighted by Gasteiger charge is -2.16. The van der Waals surface area contributed by atoms with Crippen LogP contribution >= 0.6 is 15.9 Å². The first kappa shape index (κ1) is 12.7. The van der Waals surface area contributed by atoms with Gasteiger partial charge in [0.25, 0.3) is 0 Å². The van der Waals surface area contributed by atoms with E-state index in [2.05, 4.69) is 35.1 Å². The van der Waals surface area contributed by atoms with E-state index in [0.717, 1.165) is 16.6 Å². The normalized spacial score (nSPS) is 13.2. The minimum Gasteiger partial charge on any atom is -0.310 e. The molecule has 0 aliphatic rings. The Labute approximate surface area is 99.2 Å². The predicted octanol–water partition coefficient (Wildman–Crippen LogP) is 3.89. The summed E-state index contributed by atoms with van der Waals surface area (Å²) in [5.41, 5.74) is 0.721. The highest BCUT2D eigenvalue weighted by Crippen LogP contribution is 2.20. The van der Waals surface area contributed by atoms with Gasteiger partial charge in [-0.3, -0.25) is 0 Å². The minimum absolute atomic E-state index is 0.0560. The molecule has 0 radical (unpaired) electrons. The summed E-state index contributed by atoms with van der Waals surface area (Å²) >= 11 is 3.25. The fourth-order valence-corrected chi connectivity index (χ4v) is 1.71. The van der Waals surface area contributed by atoms with Crippen molar-refractivity contribution in [3.63, 3.8) is 0 Å². The van der Waals surface area contributed by atoms with Crippen molar-refractivity contribution < 1.29 is 4.39 Å². The Morgan fingerprint density at radius 2 is 2.00 bits per heavy atom. The van der Waals surface area contributed by atoms with Crippen molar-refractivity contribution in [2.75, 3.05) is 6.54 Å². The molecule has 3 heteroatoms. The van der Waals surface area contributed by atoms with Crippen LogP contribution in [-0.4, -0.2) is 6.54 Å². The molecule has 0 bridgehead atoms. The molecule has 1 unspecified atom stereocenters. The summed E-state index contributed by atoms with van der Waals surface area (Å²) in [6.45, 7) is 7.15. The number of nitrogens with one attached hydrogen (secondary N) is 1. The van der Waals surface area contributed by atoms with Crippen LogP contribution in [0.1, 0.15) is 32.4 Å². The van der Waals surface area contributed by atoms with E-state index < -0.39 is 0 Å². The van der Waals surface area contributed by atoms with Crippen molar-refractivity contribution in [2.45, 2.75) is 26.8 Å². The summed E-state index contributed by atoms with van der Waals surface area (Å²) in [5.74, 6) is 0.416. The average Bonchev–Trinajstić information content (AvgIpc) is 2.14. The van der Waals surface area contributed by atoms with Crippen LogP contribution in [-0.2, 0) is 0 Å². The molecule has 1 N–H and O–H groups in total. The smallest absolute Gasteiger partial charge is 0.129 e. The fraction of sp³-hybridized carbons (Fsp3) is 0.500. The molecule has 1 aromatic carbocycles. The zero-order valence-electron chi connectivity index (χ0n) is 9.35. The summed E-state index contributed by atoms with van der Waals surface area (Å²) < 4.78 is 14.3. The number of halogens is 2. The second-order valence-corrected chi connectivity index (χ2v) is 5.11. The maximum Gasteiger partial charge on any atom is 0.129 e. The monoisotopic (exact) mass is 273 g/mol. The molecule has 1 aromatic rings. The summed E-state index contributed by atoms with van der Waals surface area (Å²) in [4.78, 5) is 0. The molecular weight excluding hydrogens is 257 g/mol. The van der Waals surface area contributed by atoms with Crippen molar-refractivity contribution in [1.82, 2.24) is 5.32 Å². The first-order chi connectivity index (χ1) is 7.00. The quantitative estimate of drug-likeness (QED) is 0.878. The Hall–Kier alpha value is -0.410. The molecule has 0 heterocycles. The first-order valence-electron chi connectivity index (χ1n) is 5.19. The molecule has 0 spiro atoms. The first-order valence-corrected chi connectivity index (χ1v) is 5.98. The Morgan fingerprint density at radius 1 is 1.33 bits per heavy atom. The van der Waals surface area contributed by atoms with Gasteiger partial charge in [-0.1, -0.05) is 35.8 Å². The SMILES string of the molecule is CC(C)CNC(C)c1ccc(Br)cc1F. The van der Waals surface area contributed by atoms with Gasteiger partial charge in [0.2, 0.25) is 0 Å².